The van der Waals surface area contributed by atoms with E-state index < -0.39 is 5.91 Å². The molecule has 1 aliphatic rings. The van der Waals surface area contributed by atoms with Gasteiger partial charge >= 0.3 is 0 Å². The van der Waals surface area contributed by atoms with Crippen LogP contribution < -0.4 is 11.1 Å². The summed E-state index contributed by atoms with van der Waals surface area (Å²) in [4.78, 5) is 22.2. The molecule has 3 N–H and O–H groups in total. The summed E-state index contributed by atoms with van der Waals surface area (Å²) in [5.41, 5.74) is 8.70. The number of nitrogens with two attached hydrogens (primary N) is 1. The highest BCUT2D eigenvalue weighted by Gasteiger charge is 2.13. The van der Waals surface area contributed by atoms with Crippen LogP contribution in [0.2, 0.25) is 0 Å². The van der Waals surface area contributed by atoms with E-state index in [1.807, 2.05) is 18.2 Å². The lowest BCUT2D eigenvalue weighted by molar-refractivity contribution is 0.100. The van der Waals surface area contributed by atoms with Gasteiger partial charge in [0.25, 0.3) is 0 Å². The van der Waals surface area contributed by atoms with E-state index in [4.69, 9.17) is 5.73 Å². The SMILES string of the molecule is NC(=O)c1cccc(N=Cc2ccc(-c3ccnc4c3CC#CN4)s2)c1. The lowest BCUT2D eigenvalue weighted by Gasteiger charge is -2.12. The number of aliphatic imine (C=N–C) groups is 1. The first-order valence-corrected chi connectivity index (χ1v) is 8.78. The number of anilines is 1. The van der Waals surface area contributed by atoms with Gasteiger partial charge in [-0.1, -0.05) is 12.0 Å². The van der Waals surface area contributed by atoms with Gasteiger partial charge in [-0.25, -0.2) is 4.98 Å². The molecule has 3 aromatic rings. The highest BCUT2D eigenvalue weighted by Crippen LogP contribution is 2.33. The number of primary amides is 1. The van der Waals surface area contributed by atoms with E-state index in [9.17, 15) is 4.79 Å². The predicted molar refractivity (Wildman–Crippen MR) is 105 cm³/mol. The van der Waals surface area contributed by atoms with Gasteiger partial charge in [-0.15, -0.1) is 11.3 Å². The largest absolute Gasteiger partial charge is 0.366 e. The third-order valence-corrected chi connectivity index (χ3v) is 5.01. The smallest absolute Gasteiger partial charge is 0.248 e. The summed E-state index contributed by atoms with van der Waals surface area (Å²) >= 11 is 1.64. The second-order valence-corrected chi connectivity index (χ2v) is 6.78. The van der Waals surface area contributed by atoms with Crippen LogP contribution in [-0.2, 0) is 6.42 Å². The maximum Gasteiger partial charge on any atom is 0.248 e. The highest BCUT2D eigenvalue weighted by atomic mass is 32.1. The number of nitrogens with zero attached hydrogens (tertiary/aromatic N) is 2. The monoisotopic (exact) mass is 358 g/mol. The molecule has 0 bridgehead atoms. The Bertz CT molecular complexity index is 1090. The molecule has 3 heterocycles. The predicted octanol–water partition coefficient (Wildman–Crippen LogP) is 3.59. The number of carbonyl (C=O) groups excluding carboxylic acids is 1. The van der Waals surface area contributed by atoms with E-state index >= 15 is 0 Å². The summed E-state index contributed by atoms with van der Waals surface area (Å²) in [7, 11) is 0. The Morgan fingerprint density at radius 2 is 2.23 bits per heavy atom. The first kappa shape index (κ1) is 16.1. The van der Waals surface area contributed by atoms with Crippen LogP contribution >= 0.6 is 11.3 Å². The molecular weight excluding hydrogens is 344 g/mol. The fourth-order valence-corrected chi connectivity index (χ4v) is 3.62. The fourth-order valence-electron chi connectivity index (χ4n) is 2.69. The average molecular weight is 358 g/mol. The molecule has 0 saturated carbocycles. The molecule has 2 aromatic heterocycles. The van der Waals surface area contributed by atoms with Crippen molar-refractivity contribution in [2.24, 2.45) is 10.7 Å². The lowest BCUT2D eigenvalue weighted by Crippen LogP contribution is -2.10. The summed E-state index contributed by atoms with van der Waals surface area (Å²) in [6.45, 7) is 0. The number of hydrogen-bond donors (Lipinski definition) is 2. The van der Waals surface area contributed by atoms with Crippen molar-refractivity contribution in [3.05, 3.63) is 64.7 Å². The van der Waals surface area contributed by atoms with Crippen molar-refractivity contribution >= 4 is 35.0 Å². The molecule has 0 spiro atoms. The summed E-state index contributed by atoms with van der Waals surface area (Å²) in [5, 5.41) is 3.01. The Hall–Kier alpha value is -3.43. The standard InChI is InChI=1S/C20H14N4OS/c21-19(25)13-3-1-4-14(11-13)24-12-15-6-7-18(26-15)16-8-10-23-20-17(16)5-2-9-22-20/h1,3-4,6-8,10-12H,5H2,(H2,21,25)(H,22,23). The van der Waals surface area contributed by atoms with Gasteiger partial charge in [0.15, 0.2) is 0 Å². The van der Waals surface area contributed by atoms with Crippen molar-refractivity contribution in [1.82, 2.24) is 4.98 Å². The van der Waals surface area contributed by atoms with Crippen LogP contribution in [0.15, 0.2) is 53.7 Å². The molecule has 5 nitrogen and oxygen atoms in total. The second kappa shape index (κ2) is 6.82. The number of thiophene rings is 1. The Morgan fingerprint density at radius 3 is 3.12 bits per heavy atom. The molecule has 0 fully saturated rings. The van der Waals surface area contributed by atoms with E-state index in [-0.39, 0.29) is 0 Å². The molecule has 1 aliphatic heterocycles. The number of pyridine rings is 1. The maximum atomic E-state index is 11.3. The van der Waals surface area contributed by atoms with Crippen molar-refractivity contribution in [2.75, 3.05) is 5.32 Å². The number of nitrogens with one attached hydrogen (secondary N) is 1. The van der Waals surface area contributed by atoms with E-state index in [0.717, 1.165) is 26.7 Å². The van der Waals surface area contributed by atoms with E-state index in [1.54, 1.807) is 41.9 Å². The number of fused-ring (bicyclic) bond motifs is 1. The number of hydrogen-bond acceptors (Lipinski definition) is 5. The molecule has 0 atom stereocenters. The number of carbonyl (C=O) groups is 1. The summed E-state index contributed by atoms with van der Waals surface area (Å²) in [6, 6.07) is 15.9. The van der Waals surface area contributed by atoms with Gasteiger partial charge in [-0.2, -0.15) is 0 Å². The minimum absolute atomic E-state index is 0.448. The number of amides is 1. The van der Waals surface area contributed by atoms with Crippen LogP contribution in [0.4, 0.5) is 11.5 Å². The van der Waals surface area contributed by atoms with Crippen LogP contribution in [0, 0.1) is 12.0 Å². The zero-order valence-electron chi connectivity index (χ0n) is 13.7. The van der Waals surface area contributed by atoms with Crippen LogP contribution in [0.25, 0.3) is 10.4 Å². The third kappa shape index (κ3) is 3.21. The summed E-state index contributed by atoms with van der Waals surface area (Å²) in [5.74, 6) is 3.43. The second-order valence-electron chi connectivity index (χ2n) is 5.66. The van der Waals surface area contributed by atoms with Crippen molar-refractivity contribution < 1.29 is 4.79 Å². The van der Waals surface area contributed by atoms with Gasteiger partial charge in [0.1, 0.15) is 5.82 Å². The molecule has 0 unspecified atom stereocenters. The van der Waals surface area contributed by atoms with Crippen molar-refractivity contribution in [2.45, 2.75) is 6.42 Å². The zero-order valence-corrected chi connectivity index (χ0v) is 14.5. The van der Waals surface area contributed by atoms with Gasteiger partial charge in [0.05, 0.1) is 5.69 Å². The normalized spacial score (nSPS) is 12.2. The molecule has 1 aromatic carbocycles. The topological polar surface area (TPSA) is 80.4 Å². The Balaban J connectivity index is 1.60. The van der Waals surface area contributed by atoms with Crippen LogP contribution in [0.1, 0.15) is 20.8 Å². The van der Waals surface area contributed by atoms with Crippen LogP contribution in [-0.4, -0.2) is 17.1 Å². The van der Waals surface area contributed by atoms with Crippen LogP contribution in [0.3, 0.4) is 0 Å². The summed E-state index contributed by atoms with van der Waals surface area (Å²) < 4.78 is 0. The molecule has 0 saturated heterocycles. The van der Waals surface area contributed by atoms with Crippen molar-refractivity contribution in [3.63, 3.8) is 0 Å². The molecule has 0 aliphatic carbocycles. The van der Waals surface area contributed by atoms with Gasteiger partial charge in [-0.05, 0) is 36.4 Å². The molecule has 26 heavy (non-hydrogen) atoms. The quantitative estimate of drug-likeness (QED) is 0.552. The van der Waals surface area contributed by atoms with Crippen LogP contribution in [0.5, 0.6) is 0 Å². The van der Waals surface area contributed by atoms with Gasteiger partial charge in [0.2, 0.25) is 5.91 Å². The Labute approximate surface area is 154 Å². The first-order chi connectivity index (χ1) is 12.7. The lowest BCUT2D eigenvalue weighted by atomic mass is 10.0. The van der Waals surface area contributed by atoms with Crippen molar-refractivity contribution in [1.29, 1.82) is 0 Å². The number of aromatic nitrogens is 1. The molecule has 1 amide bonds. The fraction of sp³-hybridized carbons (Fsp3) is 0.0500. The zero-order chi connectivity index (χ0) is 17.9. The molecule has 0 radical (unpaired) electrons. The number of benzene rings is 1. The van der Waals surface area contributed by atoms with E-state index in [2.05, 4.69) is 33.3 Å². The van der Waals surface area contributed by atoms with Gasteiger partial charge < -0.3 is 5.73 Å². The minimum Gasteiger partial charge on any atom is -0.366 e. The van der Waals surface area contributed by atoms with Crippen molar-refractivity contribution in [3.8, 4) is 22.4 Å². The molecular formula is C20H14N4OS. The molecule has 4 rings (SSSR count). The van der Waals surface area contributed by atoms with Gasteiger partial charge in [-0.3, -0.25) is 15.1 Å². The maximum absolute atomic E-state index is 11.3. The Kier molecular flexibility index (Phi) is 4.22. The third-order valence-electron chi connectivity index (χ3n) is 3.95. The van der Waals surface area contributed by atoms with E-state index in [1.165, 1.54) is 0 Å². The van der Waals surface area contributed by atoms with Gasteiger partial charge in [0, 0.05) is 51.3 Å². The minimum atomic E-state index is -0.459. The average Bonchev–Trinajstić information content (AvgIpc) is 3.15. The van der Waals surface area contributed by atoms with E-state index in [0.29, 0.717) is 17.7 Å². The first-order valence-electron chi connectivity index (χ1n) is 7.96. The summed E-state index contributed by atoms with van der Waals surface area (Å²) in [6.07, 6.45) is 4.27. The molecule has 6 heteroatoms. The molecule has 126 valence electrons. The Morgan fingerprint density at radius 1 is 1.31 bits per heavy atom. The number of rotatable bonds is 4. The highest BCUT2D eigenvalue weighted by molar-refractivity contribution is 7.17.